The number of aromatic nitrogens is 2. The van der Waals surface area contributed by atoms with E-state index in [0.717, 1.165) is 0 Å². The molecule has 0 aliphatic heterocycles. The van der Waals surface area contributed by atoms with E-state index in [1.54, 1.807) is 7.05 Å². The van der Waals surface area contributed by atoms with Crippen LogP contribution in [0.15, 0.2) is 12.3 Å². The second kappa shape index (κ2) is 2.85. The van der Waals surface area contributed by atoms with Gasteiger partial charge in [-0.15, -0.1) is 3.89 Å². The topological polar surface area (TPSA) is 52.0 Å². The van der Waals surface area contributed by atoms with E-state index in [9.17, 15) is 12.3 Å². The Bertz CT molecular complexity index is 371. The van der Waals surface area contributed by atoms with E-state index in [2.05, 4.69) is 5.10 Å². The van der Waals surface area contributed by atoms with Crippen LogP contribution < -0.4 is 0 Å². The zero-order valence-corrected chi connectivity index (χ0v) is 7.55. The Morgan fingerprint density at radius 2 is 2.25 bits per heavy atom. The first kappa shape index (κ1) is 9.18. The van der Waals surface area contributed by atoms with Crippen LogP contribution in [0.3, 0.4) is 0 Å². The third-order valence-corrected chi connectivity index (χ3v) is 2.78. The van der Waals surface area contributed by atoms with Crippen LogP contribution >= 0.6 is 0 Å². The molecular weight excluding hydrogens is 183 g/mol. The molecule has 0 N–H and O–H groups in total. The van der Waals surface area contributed by atoms with Crippen molar-refractivity contribution in [1.29, 1.82) is 0 Å². The van der Waals surface area contributed by atoms with E-state index in [4.69, 9.17) is 0 Å². The van der Waals surface area contributed by atoms with Crippen molar-refractivity contribution in [2.75, 3.05) is 0 Å². The molecule has 0 spiro atoms. The van der Waals surface area contributed by atoms with E-state index in [0.29, 0.717) is 5.69 Å². The predicted molar refractivity (Wildman–Crippen MR) is 41.7 cm³/mol. The third-order valence-electron chi connectivity index (χ3n) is 1.70. The van der Waals surface area contributed by atoms with Gasteiger partial charge >= 0.3 is 10.2 Å². The van der Waals surface area contributed by atoms with Crippen molar-refractivity contribution in [3.8, 4) is 0 Å². The second-order valence-electron chi connectivity index (χ2n) is 2.50. The Hall–Kier alpha value is -0.910. The Kier molecular flexibility index (Phi) is 2.18. The lowest BCUT2D eigenvalue weighted by atomic mass is 10.3. The summed E-state index contributed by atoms with van der Waals surface area (Å²) in [5.41, 5.74) is 0.345. The Morgan fingerprint density at radius 1 is 1.67 bits per heavy atom. The summed E-state index contributed by atoms with van der Waals surface area (Å²) >= 11 is 0. The van der Waals surface area contributed by atoms with E-state index in [-0.39, 0.29) is 0 Å². The number of halogens is 1. The first-order chi connectivity index (χ1) is 5.43. The SMILES string of the molecule is CC(c1ccnn1C)S(=O)(=O)F. The molecule has 1 atom stereocenters. The minimum Gasteiger partial charge on any atom is -0.271 e. The van der Waals surface area contributed by atoms with Crippen molar-refractivity contribution in [3.63, 3.8) is 0 Å². The Morgan fingerprint density at radius 3 is 2.58 bits per heavy atom. The summed E-state index contributed by atoms with van der Waals surface area (Å²) in [6, 6.07) is 1.47. The lowest BCUT2D eigenvalue weighted by molar-refractivity contribution is 0.534. The standard InChI is InChI=1S/C6H9FN2O2S/c1-5(12(7,10)11)6-3-4-8-9(6)2/h3-5H,1-2H3. The maximum absolute atomic E-state index is 12.5. The number of rotatable bonds is 2. The summed E-state index contributed by atoms with van der Waals surface area (Å²) in [7, 11) is -2.94. The molecule has 68 valence electrons. The Balaban J connectivity index is 3.09. The second-order valence-corrected chi connectivity index (χ2v) is 4.16. The fraction of sp³-hybridized carbons (Fsp3) is 0.500. The van der Waals surface area contributed by atoms with Gasteiger partial charge in [0.1, 0.15) is 5.25 Å². The normalized spacial score (nSPS) is 14.6. The number of aryl methyl sites for hydroxylation is 1. The van der Waals surface area contributed by atoms with Crippen LogP contribution in [-0.4, -0.2) is 18.2 Å². The molecule has 0 saturated carbocycles. The molecule has 0 amide bonds. The van der Waals surface area contributed by atoms with Gasteiger partial charge in [-0.3, -0.25) is 4.68 Å². The fourth-order valence-electron chi connectivity index (χ4n) is 0.927. The molecule has 6 heteroatoms. The monoisotopic (exact) mass is 192 g/mol. The fourth-order valence-corrected chi connectivity index (χ4v) is 1.45. The average Bonchev–Trinajstić information content (AvgIpc) is 2.31. The summed E-state index contributed by atoms with van der Waals surface area (Å²) in [5.74, 6) is 0. The van der Waals surface area contributed by atoms with Gasteiger partial charge in [-0.2, -0.15) is 13.5 Å². The molecule has 4 nitrogen and oxygen atoms in total. The average molecular weight is 192 g/mol. The number of nitrogens with zero attached hydrogens (tertiary/aromatic N) is 2. The van der Waals surface area contributed by atoms with Crippen LogP contribution in [-0.2, 0) is 17.3 Å². The predicted octanol–water partition coefficient (Wildman–Crippen LogP) is 0.780. The van der Waals surface area contributed by atoms with Gasteiger partial charge in [0.25, 0.3) is 0 Å². The zero-order valence-electron chi connectivity index (χ0n) is 6.73. The van der Waals surface area contributed by atoms with Crippen LogP contribution in [0.25, 0.3) is 0 Å². The molecule has 1 aromatic heterocycles. The highest BCUT2D eigenvalue weighted by molar-refractivity contribution is 7.86. The van der Waals surface area contributed by atoms with Crippen LogP contribution in [0.5, 0.6) is 0 Å². The number of hydrogen-bond donors (Lipinski definition) is 0. The quantitative estimate of drug-likeness (QED) is 0.651. The zero-order chi connectivity index (χ0) is 9.35. The van der Waals surface area contributed by atoms with Gasteiger partial charge in [-0.05, 0) is 13.0 Å². The molecule has 1 aromatic rings. The summed E-state index contributed by atoms with van der Waals surface area (Å²) in [6.45, 7) is 1.28. The van der Waals surface area contributed by atoms with Crippen molar-refractivity contribution in [2.24, 2.45) is 7.05 Å². The first-order valence-electron chi connectivity index (χ1n) is 3.34. The molecule has 1 unspecified atom stereocenters. The minimum absolute atomic E-state index is 0.345. The van der Waals surface area contributed by atoms with Crippen LogP contribution in [0.1, 0.15) is 17.9 Å². The molecule has 0 radical (unpaired) electrons. The van der Waals surface area contributed by atoms with Crippen molar-refractivity contribution in [1.82, 2.24) is 9.78 Å². The smallest absolute Gasteiger partial charge is 0.271 e. The highest BCUT2D eigenvalue weighted by atomic mass is 32.3. The van der Waals surface area contributed by atoms with Crippen LogP contribution in [0, 0.1) is 0 Å². The molecule has 1 heterocycles. The molecule has 0 aliphatic rings. The molecule has 0 fully saturated rings. The minimum atomic E-state index is -4.51. The lowest BCUT2D eigenvalue weighted by Crippen LogP contribution is -2.09. The summed E-state index contributed by atoms with van der Waals surface area (Å²) in [5, 5.41) is 2.59. The molecule has 0 saturated heterocycles. The molecule has 1 rings (SSSR count). The lowest BCUT2D eigenvalue weighted by Gasteiger charge is -2.05. The third kappa shape index (κ3) is 1.63. The van der Waals surface area contributed by atoms with Crippen molar-refractivity contribution < 1.29 is 12.3 Å². The van der Waals surface area contributed by atoms with Crippen molar-refractivity contribution in [3.05, 3.63) is 18.0 Å². The highest BCUT2D eigenvalue weighted by Crippen LogP contribution is 2.21. The van der Waals surface area contributed by atoms with Crippen molar-refractivity contribution >= 4 is 10.2 Å². The first-order valence-corrected chi connectivity index (χ1v) is 4.79. The highest BCUT2D eigenvalue weighted by Gasteiger charge is 2.23. The van der Waals surface area contributed by atoms with Gasteiger partial charge in [0.2, 0.25) is 0 Å². The van der Waals surface area contributed by atoms with Crippen LogP contribution in [0.2, 0.25) is 0 Å². The van der Waals surface area contributed by atoms with E-state index in [1.165, 1.54) is 23.9 Å². The van der Waals surface area contributed by atoms with E-state index >= 15 is 0 Å². The largest absolute Gasteiger partial charge is 0.310 e. The van der Waals surface area contributed by atoms with Crippen molar-refractivity contribution in [2.45, 2.75) is 12.2 Å². The van der Waals surface area contributed by atoms with Gasteiger partial charge in [0.05, 0.1) is 5.69 Å². The molecule has 0 bridgehead atoms. The van der Waals surface area contributed by atoms with Gasteiger partial charge in [0.15, 0.2) is 0 Å². The van der Waals surface area contributed by atoms with E-state index in [1.807, 2.05) is 0 Å². The van der Waals surface area contributed by atoms with Gasteiger partial charge in [0, 0.05) is 13.2 Å². The maximum Gasteiger partial charge on any atom is 0.310 e. The van der Waals surface area contributed by atoms with Gasteiger partial charge in [-0.25, -0.2) is 0 Å². The molecule has 0 aliphatic carbocycles. The summed E-state index contributed by atoms with van der Waals surface area (Å²) in [4.78, 5) is 0. The van der Waals surface area contributed by atoms with Crippen LogP contribution in [0.4, 0.5) is 3.89 Å². The Labute approximate surface area is 70.2 Å². The molecule has 0 aromatic carbocycles. The maximum atomic E-state index is 12.5. The van der Waals surface area contributed by atoms with E-state index < -0.39 is 15.5 Å². The number of hydrogen-bond acceptors (Lipinski definition) is 3. The summed E-state index contributed by atoms with van der Waals surface area (Å²) in [6.07, 6.45) is 1.43. The molecular formula is C6H9FN2O2S. The summed E-state index contributed by atoms with van der Waals surface area (Å²) < 4.78 is 34.7. The molecule has 12 heavy (non-hydrogen) atoms. The van der Waals surface area contributed by atoms with Gasteiger partial charge < -0.3 is 0 Å². The van der Waals surface area contributed by atoms with Gasteiger partial charge in [-0.1, -0.05) is 0 Å².